The number of rotatable bonds is 4. The van der Waals surface area contributed by atoms with Crippen molar-refractivity contribution in [2.75, 3.05) is 6.61 Å². The summed E-state index contributed by atoms with van der Waals surface area (Å²) in [5.74, 6) is 0.787. The van der Waals surface area contributed by atoms with Gasteiger partial charge in [-0.1, -0.05) is 13.8 Å². The predicted molar refractivity (Wildman–Crippen MR) is 55.7 cm³/mol. The van der Waals surface area contributed by atoms with Crippen LogP contribution in [-0.2, 0) is 0 Å². The average molecular weight is 185 g/mol. The molecule has 1 fully saturated rings. The molecular weight excluding hydrogens is 162 g/mol. The fraction of sp³-hybridized carbons (Fsp3) is 1.00. The van der Waals surface area contributed by atoms with E-state index in [1.807, 2.05) is 0 Å². The van der Waals surface area contributed by atoms with Crippen molar-refractivity contribution in [2.45, 2.75) is 58.0 Å². The third-order valence-corrected chi connectivity index (χ3v) is 2.95. The zero-order valence-corrected chi connectivity index (χ0v) is 8.92. The van der Waals surface area contributed by atoms with Gasteiger partial charge in [-0.05, 0) is 38.0 Å². The molecule has 0 aliphatic heterocycles. The summed E-state index contributed by atoms with van der Waals surface area (Å²) in [4.78, 5) is 0. The largest absolute Gasteiger partial charge is 0.396 e. The second-order valence-corrected chi connectivity index (χ2v) is 4.55. The molecule has 1 aliphatic rings. The summed E-state index contributed by atoms with van der Waals surface area (Å²) < 4.78 is 0. The van der Waals surface area contributed by atoms with Gasteiger partial charge in [-0.25, -0.2) is 0 Å². The number of nitrogens with one attached hydrogen (secondary N) is 1. The van der Waals surface area contributed by atoms with Gasteiger partial charge in [-0.15, -0.1) is 0 Å². The summed E-state index contributed by atoms with van der Waals surface area (Å²) in [5, 5.41) is 12.4. The minimum atomic E-state index is 0.368. The van der Waals surface area contributed by atoms with E-state index in [0.29, 0.717) is 12.6 Å². The van der Waals surface area contributed by atoms with Crippen molar-refractivity contribution in [1.29, 1.82) is 0 Å². The summed E-state index contributed by atoms with van der Waals surface area (Å²) >= 11 is 0. The predicted octanol–water partition coefficient (Wildman–Crippen LogP) is 1.93. The average Bonchev–Trinajstić information content (AvgIpc) is 2.08. The number of aliphatic hydroxyl groups is 1. The first-order valence-corrected chi connectivity index (χ1v) is 5.59. The molecule has 1 saturated carbocycles. The van der Waals surface area contributed by atoms with Crippen LogP contribution in [0.2, 0.25) is 0 Å². The van der Waals surface area contributed by atoms with Crippen molar-refractivity contribution in [2.24, 2.45) is 5.92 Å². The van der Waals surface area contributed by atoms with Crippen LogP contribution in [0.1, 0.15) is 46.0 Å². The molecule has 0 amide bonds. The van der Waals surface area contributed by atoms with E-state index in [4.69, 9.17) is 5.11 Å². The molecule has 0 heterocycles. The molecule has 0 radical (unpaired) electrons. The second kappa shape index (κ2) is 5.61. The molecule has 0 atom stereocenters. The van der Waals surface area contributed by atoms with Crippen LogP contribution in [0, 0.1) is 5.92 Å². The summed E-state index contributed by atoms with van der Waals surface area (Å²) in [5.41, 5.74) is 0. The summed E-state index contributed by atoms with van der Waals surface area (Å²) in [6.07, 6.45) is 6.19. The molecule has 0 bridgehead atoms. The van der Waals surface area contributed by atoms with Gasteiger partial charge in [-0.2, -0.15) is 0 Å². The van der Waals surface area contributed by atoms with Gasteiger partial charge in [0.15, 0.2) is 0 Å². The van der Waals surface area contributed by atoms with Gasteiger partial charge >= 0.3 is 0 Å². The van der Waals surface area contributed by atoms with Crippen LogP contribution in [0.25, 0.3) is 0 Å². The molecular formula is C11H23NO. The highest BCUT2D eigenvalue weighted by atomic mass is 16.3. The molecule has 13 heavy (non-hydrogen) atoms. The van der Waals surface area contributed by atoms with E-state index in [-0.39, 0.29) is 0 Å². The lowest BCUT2D eigenvalue weighted by Gasteiger charge is -2.30. The van der Waals surface area contributed by atoms with Crippen LogP contribution in [0.15, 0.2) is 0 Å². The van der Waals surface area contributed by atoms with Gasteiger partial charge in [0.2, 0.25) is 0 Å². The van der Waals surface area contributed by atoms with Crippen LogP contribution in [0.4, 0.5) is 0 Å². The first kappa shape index (κ1) is 11.0. The molecule has 0 spiro atoms. The standard InChI is InChI=1S/C11H23NO/c1-9(2)12-11-5-3-10(4-6-11)7-8-13/h9-13H,3-8H2,1-2H3. The Labute approximate surface area is 81.7 Å². The van der Waals surface area contributed by atoms with E-state index in [1.54, 1.807) is 0 Å². The minimum absolute atomic E-state index is 0.368. The van der Waals surface area contributed by atoms with Gasteiger partial charge in [0.25, 0.3) is 0 Å². The monoisotopic (exact) mass is 185 g/mol. The molecule has 1 rings (SSSR count). The van der Waals surface area contributed by atoms with E-state index in [2.05, 4.69) is 19.2 Å². The molecule has 0 aromatic heterocycles. The number of hydrogen-bond acceptors (Lipinski definition) is 2. The van der Waals surface area contributed by atoms with Crippen molar-refractivity contribution in [3.05, 3.63) is 0 Å². The zero-order valence-electron chi connectivity index (χ0n) is 8.92. The fourth-order valence-electron chi connectivity index (χ4n) is 2.27. The van der Waals surface area contributed by atoms with Gasteiger partial charge in [-0.3, -0.25) is 0 Å². The van der Waals surface area contributed by atoms with E-state index < -0.39 is 0 Å². The van der Waals surface area contributed by atoms with E-state index >= 15 is 0 Å². The molecule has 2 heteroatoms. The number of hydrogen-bond donors (Lipinski definition) is 2. The molecule has 2 nitrogen and oxygen atoms in total. The zero-order chi connectivity index (χ0) is 9.68. The highest BCUT2D eigenvalue weighted by Crippen LogP contribution is 2.26. The van der Waals surface area contributed by atoms with Crippen molar-refractivity contribution >= 4 is 0 Å². The van der Waals surface area contributed by atoms with E-state index in [0.717, 1.165) is 18.4 Å². The minimum Gasteiger partial charge on any atom is -0.396 e. The molecule has 2 N–H and O–H groups in total. The van der Waals surface area contributed by atoms with Crippen molar-refractivity contribution in [3.8, 4) is 0 Å². The Hall–Kier alpha value is -0.0800. The summed E-state index contributed by atoms with van der Waals surface area (Å²) in [6, 6.07) is 1.34. The molecule has 0 aromatic carbocycles. The van der Waals surface area contributed by atoms with Crippen LogP contribution < -0.4 is 5.32 Å². The Balaban J connectivity index is 2.15. The van der Waals surface area contributed by atoms with Gasteiger partial charge in [0.1, 0.15) is 0 Å². The Morgan fingerprint density at radius 1 is 1.23 bits per heavy atom. The Morgan fingerprint density at radius 3 is 2.31 bits per heavy atom. The van der Waals surface area contributed by atoms with Crippen molar-refractivity contribution in [3.63, 3.8) is 0 Å². The molecule has 1 aliphatic carbocycles. The van der Waals surface area contributed by atoms with Crippen molar-refractivity contribution < 1.29 is 5.11 Å². The highest BCUT2D eigenvalue weighted by molar-refractivity contribution is 4.78. The lowest BCUT2D eigenvalue weighted by molar-refractivity contribution is 0.211. The third-order valence-electron chi connectivity index (χ3n) is 2.95. The first-order chi connectivity index (χ1) is 6.22. The van der Waals surface area contributed by atoms with Crippen molar-refractivity contribution in [1.82, 2.24) is 5.32 Å². The lowest BCUT2D eigenvalue weighted by Crippen LogP contribution is -2.37. The van der Waals surface area contributed by atoms with Crippen LogP contribution in [0.5, 0.6) is 0 Å². The third kappa shape index (κ3) is 4.10. The Morgan fingerprint density at radius 2 is 1.85 bits per heavy atom. The Bertz CT molecular complexity index is 128. The summed E-state index contributed by atoms with van der Waals surface area (Å²) in [7, 11) is 0. The Kier molecular flexibility index (Phi) is 4.74. The van der Waals surface area contributed by atoms with Gasteiger partial charge in [0, 0.05) is 18.7 Å². The molecule has 0 unspecified atom stereocenters. The maximum atomic E-state index is 8.81. The van der Waals surface area contributed by atoms with Crippen LogP contribution in [-0.4, -0.2) is 23.8 Å². The maximum Gasteiger partial charge on any atom is 0.0433 e. The lowest BCUT2D eigenvalue weighted by atomic mass is 9.84. The molecule has 0 aromatic rings. The van der Waals surface area contributed by atoms with Gasteiger partial charge in [0.05, 0.1) is 0 Å². The smallest absolute Gasteiger partial charge is 0.0433 e. The second-order valence-electron chi connectivity index (χ2n) is 4.55. The topological polar surface area (TPSA) is 32.3 Å². The molecule has 78 valence electrons. The summed E-state index contributed by atoms with van der Waals surface area (Å²) in [6.45, 7) is 4.78. The van der Waals surface area contributed by atoms with Crippen LogP contribution in [0.3, 0.4) is 0 Å². The van der Waals surface area contributed by atoms with E-state index in [9.17, 15) is 0 Å². The number of aliphatic hydroxyl groups excluding tert-OH is 1. The van der Waals surface area contributed by atoms with Gasteiger partial charge < -0.3 is 10.4 Å². The van der Waals surface area contributed by atoms with E-state index in [1.165, 1.54) is 25.7 Å². The maximum absolute atomic E-state index is 8.81. The highest BCUT2D eigenvalue weighted by Gasteiger charge is 2.20. The quantitative estimate of drug-likeness (QED) is 0.701. The first-order valence-electron chi connectivity index (χ1n) is 5.59. The normalized spacial score (nSPS) is 29.5. The SMILES string of the molecule is CC(C)NC1CCC(CCO)CC1. The van der Waals surface area contributed by atoms with Crippen LogP contribution >= 0.6 is 0 Å². The molecule has 0 saturated heterocycles. The fourth-order valence-corrected chi connectivity index (χ4v) is 2.27.